The number of phenolic OH excluding ortho intramolecular Hbond substituents is 1. The lowest BCUT2D eigenvalue weighted by Gasteiger charge is -2.62. The van der Waals surface area contributed by atoms with Crippen LogP contribution in [0.4, 0.5) is 0 Å². The highest BCUT2D eigenvalue weighted by Crippen LogP contribution is 2.68. The van der Waals surface area contributed by atoms with E-state index in [1.807, 2.05) is 6.07 Å². The van der Waals surface area contributed by atoms with Crippen LogP contribution in [-0.4, -0.2) is 52.7 Å². The normalized spacial score (nSPS) is 34.0. The summed E-state index contributed by atoms with van der Waals surface area (Å²) < 4.78 is 12.2. The maximum Gasteiger partial charge on any atom is 0.344 e. The smallest absolute Gasteiger partial charge is 0.344 e. The summed E-state index contributed by atoms with van der Waals surface area (Å²) in [6, 6.07) is 13.0. The topological polar surface area (TPSA) is 148 Å². The molecule has 2 bridgehead atoms. The van der Waals surface area contributed by atoms with Gasteiger partial charge in [-0.15, -0.1) is 0 Å². The first-order valence-electron chi connectivity index (χ1n) is 17.2. The van der Waals surface area contributed by atoms with E-state index in [-0.39, 0.29) is 53.8 Å². The Morgan fingerprint density at radius 1 is 1.09 bits per heavy atom. The minimum absolute atomic E-state index is 0.0252. The van der Waals surface area contributed by atoms with Crippen LogP contribution >= 0.6 is 0 Å². The molecule has 2 aromatic carbocycles. The van der Waals surface area contributed by atoms with E-state index in [9.17, 15) is 24.6 Å². The van der Waals surface area contributed by atoms with Gasteiger partial charge in [0.2, 0.25) is 5.91 Å². The monoisotopic (exact) mass is 648 g/mol. The molecule has 3 saturated carbocycles. The summed E-state index contributed by atoms with van der Waals surface area (Å²) >= 11 is 0. The summed E-state index contributed by atoms with van der Waals surface area (Å²) in [4.78, 5) is 39.7. The van der Waals surface area contributed by atoms with Crippen molar-refractivity contribution in [3.05, 3.63) is 59.7 Å². The van der Waals surface area contributed by atoms with Crippen molar-refractivity contribution in [2.45, 2.75) is 104 Å². The first kappa shape index (κ1) is 34.9. The van der Waals surface area contributed by atoms with Crippen LogP contribution in [0.25, 0.3) is 0 Å². The van der Waals surface area contributed by atoms with Crippen molar-refractivity contribution in [2.75, 3.05) is 6.61 Å². The van der Waals surface area contributed by atoms with Crippen LogP contribution in [-0.2, 0) is 32.1 Å². The van der Waals surface area contributed by atoms with E-state index in [1.165, 1.54) is 0 Å². The predicted molar refractivity (Wildman–Crippen MR) is 178 cm³/mol. The molecule has 9 heteroatoms. The first-order valence-corrected chi connectivity index (χ1v) is 17.2. The standard InChI is InChI=1S/C38H52N2O7/c1-6-36(4)20-31(37(5)23(2)14-16-38(24(3)34(36)44)17-15-30(42)33(37)38)47-32(43)22-46-28-9-7-8-26(18-28)21-40-35(45)29(39)19-25-10-12-27(41)13-11-25/h7-13,18,23-24,29,31,33-34,41,44H,6,14-17,19-22,39H2,1-5H3,(H,40,45)/t23?,24-,29-,31+,33?,34-,36+,37-,38?/m0/s1. The predicted octanol–water partition coefficient (Wildman–Crippen LogP) is 5.09. The molecule has 0 aromatic heterocycles. The van der Waals surface area contributed by atoms with Crippen LogP contribution < -0.4 is 15.8 Å². The third-order valence-electron chi connectivity index (χ3n) is 12.4. The molecule has 47 heavy (non-hydrogen) atoms. The van der Waals surface area contributed by atoms with Gasteiger partial charge in [-0.3, -0.25) is 9.59 Å². The number of Topliss-reactive ketones (excluding diaryl/α,β-unsaturated/α-hetero) is 1. The number of aromatic hydroxyl groups is 1. The molecule has 1 amide bonds. The Morgan fingerprint density at radius 3 is 2.51 bits per heavy atom. The zero-order valence-electron chi connectivity index (χ0n) is 28.5. The third-order valence-corrected chi connectivity index (χ3v) is 12.4. The van der Waals surface area contributed by atoms with E-state index in [4.69, 9.17) is 15.2 Å². The number of phenols is 1. The van der Waals surface area contributed by atoms with Crippen LogP contribution in [0, 0.1) is 34.0 Å². The highest BCUT2D eigenvalue weighted by molar-refractivity contribution is 5.86. The van der Waals surface area contributed by atoms with Crippen molar-refractivity contribution >= 4 is 17.7 Å². The second kappa shape index (κ2) is 13.6. The zero-order chi connectivity index (χ0) is 34.1. The number of hydrogen-bond donors (Lipinski definition) is 4. The Kier molecular flexibility index (Phi) is 10.1. The summed E-state index contributed by atoms with van der Waals surface area (Å²) in [5.74, 6) is -0.0732. The molecule has 3 aliphatic rings. The fraction of sp³-hybridized carbons (Fsp3) is 0.605. The molecular formula is C38H52N2O7. The lowest BCUT2D eigenvalue weighted by Crippen LogP contribution is -2.63. The molecular weight excluding hydrogens is 596 g/mol. The van der Waals surface area contributed by atoms with Gasteiger partial charge in [-0.2, -0.15) is 0 Å². The number of rotatable bonds is 10. The van der Waals surface area contributed by atoms with E-state index >= 15 is 0 Å². The van der Waals surface area contributed by atoms with Crippen molar-refractivity contribution < 1.29 is 34.1 Å². The summed E-state index contributed by atoms with van der Waals surface area (Å²) in [5.41, 5.74) is 6.41. The number of nitrogens with two attached hydrogens (primary N) is 1. The van der Waals surface area contributed by atoms with E-state index in [2.05, 4.69) is 39.9 Å². The Morgan fingerprint density at radius 2 is 1.81 bits per heavy atom. The molecule has 2 aromatic rings. The van der Waals surface area contributed by atoms with Crippen LogP contribution in [0.1, 0.15) is 84.3 Å². The molecule has 0 spiro atoms. The fourth-order valence-electron chi connectivity index (χ4n) is 9.09. The molecule has 0 heterocycles. The number of carbonyl (C=O) groups excluding carboxylic acids is 3. The van der Waals surface area contributed by atoms with Crippen molar-refractivity contribution in [3.63, 3.8) is 0 Å². The number of hydrogen-bond acceptors (Lipinski definition) is 8. The molecule has 5 rings (SSSR count). The average molecular weight is 649 g/mol. The van der Waals surface area contributed by atoms with Gasteiger partial charge in [0.25, 0.3) is 0 Å². The van der Waals surface area contributed by atoms with Gasteiger partial charge in [0.15, 0.2) is 6.61 Å². The highest BCUT2D eigenvalue weighted by Gasteiger charge is 2.68. The molecule has 3 aliphatic carbocycles. The van der Waals surface area contributed by atoms with Gasteiger partial charge in [-0.1, -0.05) is 58.9 Å². The first-order chi connectivity index (χ1) is 22.2. The third kappa shape index (κ3) is 6.66. The van der Waals surface area contributed by atoms with Gasteiger partial charge in [0.1, 0.15) is 23.4 Å². The number of benzene rings is 2. The molecule has 0 aliphatic heterocycles. The largest absolute Gasteiger partial charge is 0.508 e. The number of ketones is 1. The molecule has 9 atom stereocenters. The minimum Gasteiger partial charge on any atom is -0.508 e. The van der Waals surface area contributed by atoms with Gasteiger partial charge < -0.3 is 30.7 Å². The molecule has 3 unspecified atom stereocenters. The SMILES string of the molecule is CC[C@]1(C)C[C@@H](OC(=O)COc2cccc(CNC(=O)[C@@H](N)Cc3ccc(O)cc3)c2)[C@]2(C)C(C)CCC3(CCC(=O)C32)[C@@H](C)[C@@H]1O. The molecule has 9 nitrogen and oxygen atoms in total. The van der Waals surface area contributed by atoms with E-state index in [0.29, 0.717) is 25.0 Å². The van der Waals surface area contributed by atoms with Crippen LogP contribution in [0.2, 0.25) is 0 Å². The maximum atomic E-state index is 13.6. The van der Waals surface area contributed by atoms with Gasteiger partial charge in [-0.05, 0) is 96.6 Å². The lowest BCUT2D eigenvalue weighted by molar-refractivity contribution is -0.213. The average Bonchev–Trinajstić information content (AvgIpc) is 3.42. The van der Waals surface area contributed by atoms with E-state index in [1.54, 1.807) is 42.5 Å². The van der Waals surface area contributed by atoms with Gasteiger partial charge in [-0.25, -0.2) is 4.79 Å². The van der Waals surface area contributed by atoms with Gasteiger partial charge in [0.05, 0.1) is 12.1 Å². The highest BCUT2D eigenvalue weighted by atomic mass is 16.6. The van der Waals surface area contributed by atoms with E-state index in [0.717, 1.165) is 36.8 Å². The van der Waals surface area contributed by atoms with Crippen LogP contribution in [0.15, 0.2) is 48.5 Å². The Hall–Kier alpha value is -3.43. The molecule has 256 valence electrons. The number of amides is 1. The van der Waals surface area contributed by atoms with Gasteiger partial charge >= 0.3 is 5.97 Å². The van der Waals surface area contributed by atoms with Crippen LogP contribution in [0.3, 0.4) is 0 Å². The summed E-state index contributed by atoms with van der Waals surface area (Å²) in [6.07, 6.45) is 3.51. The second-order valence-corrected chi connectivity index (χ2v) is 15.0. The number of aliphatic hydroxyl groups excluding tert-OH is 1. The van der Waals surface area contributed by atoms with Crippen LogP contribution in [0.5, 0.6) is 11.5 Å². The fourth-order valence-corrected chi connectivity index (χ4v) is 9.09. The second-order valence-electron chi connectivity index (χ2n) is 15.0. The quantitative estimate of drug-likeness (QED) is 0.261. The number of ether oxygens (including phenoxy) is 2. The molecule has 0 saturated heterocycles. The Balaban J connectivity index is 1.24. The molecule has 5 N–H and O–H groups in total. The summed E-state index contributed by atoms with van der Waals surface area (Å²) in [6.45, 7) is 10.6. The lowest BCUT2D eigenvalue weighted by atomic mass is 9.43. The number of nitrogens with one attached hydrogen (secondary N) is 1. The molecule has 0 radical (unpaired) electrons. The molecule has 3 fully saturated rings. The van der Waals surface area contributed by atoms with Gasteiger partial charge in [0, 0.05) is 24.3 Å². The number of carbonyl (C=O) groups is 3. The zero-order valence-corrected chi connectivity index (χ0v) is 28.5. The number of esters is 1. The summed E-state index contributed by atoms with van der Waals surface area (Å²) in [5, 5.41) is 24.1. The van der Waals surface area contributed by atoms with Crippen molar-refractivity contribution in [1.29, 1.82) is 0 Å². The Labute approximate surface area is 278 Å². The number of aliphatic hydroxyl groups is 1. The van der Waals surface area contributed by atoms with Crippen molar-refractivity contribution in [3.8, 4) is 11.5 Å². The van der Waals surface area contributed by atoms with Crippen molar-refractivity contribution in [1.82, 2.24) is 5.32 Å². The minimum atomic E-state index is -0.751. The van der Waals surface area contributed by atoms with E-state index < -0.39 is 35.0 Å². The Bertz CT molecular complexity index is 1460. The maximum absolute atomic E-state index is 13.6. The summed E-state index contributed by atoms with van der Waals surface area (Å²) in [7, 11) is 0. The van der Waals surface area contributed by atoms with Crippen molar-refractivity contribution in [2.24, 2.45) is 39.7 Å².